The van der Waals surface area contributed by atoms with Gasteiger partial charge in [-0.05, 0) is 24.8 Å². The summed E-state index contributed by atoms with van der Waals surface area (Å²) in [4.78, 5) is 38.8. The normalized spacial score (nSPS) is 26.3. The second kappa shape index (κ2) is 7.35. The van der Waals surface area contributed by atoms with Crippen molar-refractivity contribution in [3.63, 3.8) is 0 Å². The van der Waals surface area contributed by atoms with Crippen molar-refractivity contribution >= 4 is 17.8 Å². The highest BCUT2D eigenvalue weighted by atomic mass is 16.2. The summed E-state index contributed by atoms with van der Waals surface area (Å²) >= 11 is 0. The Kier molecular flexibility index (Phi) is 5.15. The number of benzene rings is 1. The summed E-state index contributed by atoms with van der Waals surface area (Å²) in [5.41, 5.74) is 1.01. The predicted octanol–water partition coefficient (Wildman–Crippen LogP) is 1.17. The lowest BCUT2D eigenvalue weighted by atomic mass is 9.98. The van der Waals surface area contributed by atoms with Gasteiger partial charge in [0.2, 0.25) is 11.8 Å². The highest BCUT2D eigenvalue weighted by Crippen LogP contribution is 2.25. The molecule has 1 aromatic carbocycles. The molecule has 0 spiro atoms. The van der Waals surface area contributed by atoms with Crippen LogP contribution in [0, 0.1) is 5.92 Å². The molecule has 1 aromatic rings. The number of piperazine rings is 1. The summed E-state index contributed by atoms with van der Waals surface area (Å²) in [5, 5.41) is 8.60. The topological polar surface area (TPSA) is 90.5 Å². The molecule has 2 saturated heterocycles. The Labute approximate surface area is 153 Å². The number of hydrogen-bond acceptors (Lipinski definition) is 3. The first-order valence-corrected chi connectivity index (χ1v) is 9.09. The zero-order valence-corrected chi connectivity index (χ0v) is 15.4. The zero-order chi connectivity index (χ0) is 18.8. The third-order valence-corrected chi connectivity index (χ3v) is 5.10. The van der Waals surface area contributed by atoms with Crippen LogP contribution in [0.1, 0.15) is 38.8 Å². The molecule has 4 atom stereocenters. The van der Waals surface area contributed by atoms with Crippen LogP contribution in [0.3, 0.4) is 0 Å². The number of hydrogen-bond donors (Lipinski definition) is 3. The lowest BCUT2D eigenvalue weighted by Crippen LogP contribution is -2.62. The van der Waals surface area contributed by atoms with E-state index in [0.717, 1.165) is 5.56 Å². The highest BCUT2D eigenvalue weighted by Gasteiger charge is 2.47. The van der Waals surface area contributed by atoms with E-state index in [9.17, 15) is 14.4 Å². The van der Waals surface area contributed by atoms with Crippen LogP contribution in [-0.4, -0.2) is 47.4 Å². The van der Waals surface area contributed by atoms with Crippen molar-refractivity contribution in [1.82, 2.24) is 20.9 Å². The van der Waals surface area contributed by atoms with Crippen LogP contribution in [-0.2, 0) is 9.59 Å². The molecule has 3 N–H and O–H groups in total. The van der Waals surface area contributed by atoms with Crippen LogP contribution in [0.4, 0.5) is 4.79 Å². The summed E-state index contributed by atoms with van der Waals surface area (Å²) < 4.78 is 0. The number of amides is 4. The molecule has 140 valence electrons. The quantitative estimate of drug-likeness (QED) is 0.755. The largest absolute Gasteiger partial charge is 0.342 e. The summed E-state index contributed by atoms with van der Waals surface area (Å²) in [7, 11) is 0. The first kappa shape index (κ1) is 18.2. The fourth-order valence-corrected chi connectivity index (χ4v) is 3.62. The lowest BCUT2D eigenvalue weighted by molar-refractivity contribution is -0.148. The number of nitrogens with one attached hydrogen (secondary N) is 3. The molecule has 2 aliphatic rings. The minimum absolute atomic E-state index is 0.0365. The first-order valence-electron chi connectivity index (χ1n) is 9.09. The van der Waals surface area contributed by atoms with Crippen molar-refractivity contribution in [3.05, 3.63) is 35.9 Å². The Hall–Kier alpha value is -2.57. The molecule has 0 aromatic heterocycles. The maximum Gasteiger partial charge on any atom is 0.315 e. The van der Waals surface area contributed by atoms with E-state index in [1.54, 1.807) is 4.90 Å². The number of rotatable bonds is 4. The third-order valence-electron chi connectivity index (χ3n) is 5.10. The summed E-state index contributed by atoms with van der Waals surface area (Å²) in [6, 6.07) is 8.06. The van der Waals surface area contributed by atoms with Crippen LogP contribution in [0.2, 0.25) is 0 Å². The van der Waals surface area contributed by atoms with E-state index in [2.05, 4.69) is 16.0 Å². The molecule has 0 aliphatic carbocycles. The van der Waals surface area contributed by atoms with Gasteiger partial charge in [0.1, 0.15) is 12.1 Å². The van der Waals surface area contributed by atoms with Crippen LogP contribution >= 0.6 is 0 Å². The summed E-state index contributed by atoms with van der Waals surface area (Å²) in [5.74, 6) is -0.160. The number of fused-ring (bicyclic) bond motifs is 1. The van der Waals surface area contributed by atoms with E-state index in [4.69, 9.17) is 0 Å². The zero-order valence-electron chi connectivity index (χ0n) is 15.4. The molecule has 2 fully saturated rings. The van der Waals surface area contributed by atoms with Gasteiger partial charge in [-0.15, -0.1) is 0 Å². The van der Waals surface area contributed by atoms with Gasteiger partial charge in [0, 0.05) is 6.54 Å². The molecule has 7 heteroatoms. The lowest BCUT2D eigenvalue weighted by Gasteiger charge is -2.36. The molecule has 0 radical (unpaired) electrons. The van der Waals surface area contributed by atoms with Gasteiger partial charge >= 0.3 is 6.03 Å². The van der Waals surface area contributed by atoms with Crippen molar-refractivity contribution in [1.29, 1.82) is 0 Å². The van der Waals surface area contributed by atoms with Gasteiger partial charge < -0.3 is 20.9 Å². The molecule has 7 nitrogen and oxygen atoms in total. The molecular formula is C19H26N4O3. The molecule has 4 amide bonds. The van der Waals surface area contributed by atoms with E-state index in [1.165, 1.54) is 0 Å². The van der Waals surface area contributed by atoms with Crippen LogP contribution in [0.25, 0.3) is 0 Å². The van der Waals surface area contributed by atoms with E-state index in [1.807, 2.05) is 51.1 Å². The fourth-order valence-electron chi connectivity index (χ4n) is 3.62. The van der Waals surface area contributed by atoms with E-state index < -0.39 is 12.1 Å². The average Bonchev–Trinajstić information content (AvgIpc) is 3.03. The van der Waals surface area contributed by atoms with Crippen molar-refractivity contribution in [2.24, 2.45) is 5.92 Å². The van der Waals surface area contributed by atoms with Crippen molar-refractivity contribution < 1.29 is 14.4 Å². The van der Waals surface area contributed by atoms with E-state index in [-0.39, 0.29) is 35.8 Å². The Morgan fingerprint density at radius 2 is 1.88 bits per heavy atom. The van der Waals surface area contributed by atoms with Gasteiger partial charge in [-0.3, -0.25) is 9.59 Å². The van der Waals surface area contributed by atoms with E-state index >= 15 is 0 Å². The van der Waals surface area contributed by atoms with Crippen LogP contribution in [0.5, 0.6) is 0 Å². The first-order chi connectivity index (χ1) is 12.4. The third kappa shape index (κ3) is 3.66. The van der Waals surface area contributed by atoms with Crippen molar-refractivity contribution in [2.75, 3.05) is 6.54 Å². The summed E-state index contributed by atoms with van der Waals surface area (Å²) in [6.07, 6.45) is 0.440. The van der Waals surface area contributed by atoms with Gasteiger partial charge in [-0.25, -0.2) is 4.79 Å². The number of urea groups is 1. The molecule has 2 heterocycles. The second-order valence-corrected chi connectivity index (χ2v) is 7.42. The predicted molar refractivity (Wildman–Crippen MR) is 97.2 cm³/mol. The second-order valence-electron chi connectivity index (χ2n) is 7.42. The molecule has 3 rings (SSSR count). The van der Waals surface area contributed by atoms with Crippen LogP contribution in [0.15, 0.2) is 30.3 Å². The number of carbonyl (C=O) groups excluding carboxylic acids is 3. The number of carbonyl (C=O) groups is 3. The molecule has 26 heavy (non-hydrogen) atoms. The standard InChI is InChI=1S/C19H26N4O3/c1-11(2)16-18(25)23-10-14(9-15(23)17(24)22-16)21-19(26)20-12(3)13-7-5-4-6-8-13/h4-8,11-12,14-16H,9-10H2,1-3H3,(H,22,24)(H2,20,21,26)/t12-,14-,15-,16+/m0/s1. The Morgan fingerprint density at radius 3 is 2.54 bits per heavy atom. The monoisotopic (exact) mass is 358 g/mol. The minimum atomic E-state index is -0.491. The molecule has 2 aliphatic heterocycles. The maximum absolute atomic E-state index is 12.6. The smallest absolute Gasteiger partial charge is 0.315 e. The molecule has 0 bridgehead atoms. The van der Waals surface area contributed by atoms with Gasteiger partial charge in [0.05, 0.1) is 12.1 Å². The highest BCUT2D eigenvalue weighted by molar-refractivity contribution is 5.97. The summed E-state index contributed by atoms with van der Waals surface area (Å²) in [6.45, 7) is 6.10. The number of nitrogens with zero attached hydrogens (tertiary/aromatic N) is 1. The Bertz CT molecular complexity index is 691. The van der Waals surface area contributed by atoms with E-state index in [0.29, 0.717) is 13.0 Å². The van der Waals surface area contributed by atoms with Crippen molar-refractivity contribution in [3.8, 4) is 0 Å². The van der Waals surface area contributed by atoms with Crippen LogP contribution < -0.4 is 16.0 Å². The Morgan fingerprint density at radius 1 is 1.19 bits per heavy atom. The SMILES string of the molecule is CC(C)[C@H]1NC(=O)[C@@H]2C[C@H](NC(=O)N[C@@H](C)c3ccccc3)CN2C1=O. The van der Waals surface area contributed by atoms with Gasteiger partial charge in [0.15, 0.2) is 0 Å². The van der Waals surface area contributed by atoms with Gasteiger partial charge in [-0.2, -0.15) is 0 Å². The Balaban J connectivity index is 1.58. The molecular weight excluding hydrogens is 332 g/mol. The average molecular weight is 358 g/mol. The van der Waals surface area contributed by atoms with Crippen molar-refractivity contribution in [2.45, 2.75) is 51.4 Å². The fraction of sp³-hybridized carbons (Fsp3) is 0.526. The molecule has 0 unspecified atom stereocenters. The minimum Gasteiger partial charge on any atom is -0.342 e. The van der Waals surface area contributed by atoms with Gasteiger partial charge in [0.25, 0.3) is 0 Å². The van der Waals surface area contributed by atoms with Gasteiger partial charge in [-0.1, -0.05) is 44.2 Å². The maximum atomic E-state index is 12.6. The molecule has 0 saturated carbocycles.